The molecule has 0 saturated carbocycles. The van der Waals surface area contributed by atoms with Crippen molar-refractivity contribution >= 4 is 65.2 Å². The van der Waals surface area contributed by atoms with Crippen molar-refractivity contribution in [3.8, 4) is 56.2 Å². The van der Waals surface area contributed by atoms with Crippen LogP contribution in [-0.2, 0) is 5.41 Å². The Morgan fingerprint density at radius 1 is 0.274 bits per heavy atom. The molecule has 0 amide bonds. The van der Waals surface area contributed by atoms with Gasteiger partial charge in [-0.25, -0.2) is 9.97 Å². The van der Waals surface area contributed by atoms with Gasteiger partial charge in [0.25, 0.3) is 0 Å². The zero-order valence-electron chi connectivity index (χ0n) is 39.3. The molecule has 338 valence electrons. The molecule has 0 aliphatic heterocycles. The first-order valence-corrected chi connectivity index (χ1v) is 24.6. The van der Waals surface area contributed by atoms with Crippen molar-refractivity contribution in [2.45, 2.75) is 5.41 Å². The third-order valence-corrected chi connectivity index (χ3v) is 15.1. The molecule has 6 heterocycles. The van der Waals surface area contributed by atoms with Crippen molar-refractivity contribution in [3.05, 3.63) is 265 Å². The molecule has 0 unspecified atom stereocenters. The van der Waals surface area contributed by atoms with Crippen LogP contribution in [0.1, 0.15) is 22.3 Å². The number of fused-ring (bicyclic) bond motifs is 11. The van der Waals surface area contributed by atoms with Crippen LogP contribution >= 0.6 is 0 Å². The van der Waals surface area contributed by atoms with Gasteiger partial charge in [-0.15, -0.1) is 0 Å². The summed E-state index contributed by atoms with van der Waals surface area (Å²) in [6.07, 6.45) is 7.54. The Kier molecular flexibility index (Phi) is 9.07. The summed E-state index contributed by atoms with van der Waals surface area (Å²) in [6, 6.07) is 78.5. The zero-order valence-corrected chi connectivity index (χ0v) is 39.3. The van der Waals surface area contributed by atoms with E-state index in [1.807, 2.05) is 36.9 Å². The van der Waals surface area contributed by atoms with Crippen LogP contribution in [0.4, 0.5) is 0 Å². The maximum atomic E-state index is 5.40. The van der Waals surface area contributed by atoms with Gasteiger partial charge >= 0.3 is 0 Å². The molecule has 6 aromatic heterocycles. The van der Waals surface area contributed by atoms with Gasteiger partial charge in [0.05, 0.1) is 50.3 Å². The number of pyridine rings is 6. The molecule has 73 heavy (non-hydrogen) atoms. The molecule has 0 fully saturated rings. The van der Waals surface area contributed by atoms with Crippen molar-refractivity contribution < 1.29 is 0 Å². The Balaban J connectivity index is 1.03. The predicted octanol–water partition coefficient (Wildman–Crippen LogP) is 16.0. The largest absolute Gasteiger partial charge is 0.256 e. The average Bonchev–Trinajstić information content (AvgIpc) is 3.76. The smallest absolute Gasteiger partial charge is 0.0972 e. The van der Waals surface area contributed by atoms with Gasteiger partial charge in [-0.1, -0.05) is 158 Å². The number of hydrogen-bond acceptors (Lipinski definition) is 6. The molecule has 0 bridgehead atoms. The SMILES string of the molecule is c1cc(-c2ccc3ccc4cccnc4c3n2)cc(C2(c3cccc(-c4ccc5ccc6cccnc6c5n4)c3)c3cc(-c4nccc5ccccc45)ccc3-c3ccc(-c4nccc5ccccc45)cc32)c1. The fraction of sp³-hybridized carbons (Fsp3) is 0.0149. The predicted molar refractivity (Wildman–Crippen MR) is 297 cm³/mol. The normalized spacial score (nSPS) is 12.8. The van der Waals surface area contributed by atoms with Gasteiger partial charge < -0.3 is 0 Å². The van der Waals surface area contributed by atoms with E-state index >= 15 is 0 Å². The van der Waals surface area contributed by atoms with Crippen LogP contribution in [0.3, 0.4) is 0 Å². The van der Waals surface area contributed by atoms with E-state index in [1.165, 1.54) is 0 Å². The van der Waals surface area contributed by atoms with Crippen molar-refractivity contribution in [2.24, 2.45) is 0 Å². The van der Waals surface area contributed by atoms with E-state index in [2.05, 4.69) is 206 Å². The molecule has 14 aromatic rings. The van der Waals surface area contributed by atoms with Crippen LogP contribution in [-0.4, -0.2) is 29.9 Å². The number of hydrogen-bond donors (Lipinski definition) is 0. The van der Waals surface area contributed by atoms with Gasteiger partial charge in [-0.05, 0) is 105 Å². The van der Waals surface area contributed by atoms with Gasteiger partial charge in [0.15, 0.2) is 0 Å². The summed E-state index contributed by atoms with van der Waals surface area (Å²) in [5.74, 6) is 0. The van der Waals surface area contributed by atoms with E-state index in [9.17, 15) is 0 Å². The Bertz CT molecular complexity index is 4300. The van der Waals surface area contributed by atoms with Crippen LogP contribution < -0.4 is 0 Å². The Hall–Kier alpha value is -9.78. The van der Waals surface area contributed by atoms with Crippen LogP contribution in [0, 0.1) is 0 Å². The lowest BCUT2D eigenvalue weighted by Gasteiger charge is -2.35. The van der Waals surface area contributed by atoms with Gasteiger partial charge in [-0.2, -0.15) is 0 Å². The first-order chi connectivity index (χ1) is 36.2. The zero-order chi connectivity index (χ0) is 48.0. The lowest BCUT2D eigenvalue weighted by Crippen LogP contribution is -2.29. The molecular weight excluding hydrogens is 889 g/mol. The Morgan fingerprint density at radius 3 is 1.21 bits per heavy atom. The highest BCUT2D eigenvalue weighted by molar-refractivity contribution is 6.05. The highest BCUT2D eigenvalue weighted by Crippen LogP contribution is 2.58. The first-order valence-electron chi connectivity index (χ1n) is 24.6. The van der Waals surface area contributed by atoms with Gasteiger partial charge in [0.2, 0.25) is 0 Å². The van der Waals surface area contributed by atoms with E-state index in [0.717, 1.165) is 144 Å². The molecule has 1 aliphatic rings. The molecule has 6 heteroatoms. The lowest BCUT2D eigenvalue weighted by molar-refractivity contribution is 0.769. The van der Waals surface area contributed by atoms with E-state index in [4.69, 9.17) is 29.9 Å². The summed E-state index contributed by atoms with van der Waals surface area (Å²) >= 11 is 0. The summed E-state index contributed by atoms with van der Waals surface area (Å²) in [4.78, 5) is 30.6. The molecular formula is C67H40N6. The number of rotatable bonds is 6. The fourth-order valence-corrected chi connectivity index (χ4v) is 11.7. The minimum absolute atomic E-state index is 0.867. The summed E-state index contributed by atoms with van der Waals surface area (Å²) in [5.41, 5.74) is 17.3. The van der Waals surface area contributed by atoms with E-state index in [-0.39, 0.29) is 0 Å². The maximum Gasteiger partial charge on any atom is 0.0972 e. The van der Waals surface area contributed by atoms with Crippen LogP contribution in [0.15, 0.2) is 243 Å². The fourth-order valence-electron chi connectivity index (χ4n) is 11.7. The molecule has 6 nitrogen and oxygen atoms in total. The van der Waals surface area contributed by atoms with Crippen LogP contribution in [0.25, 0.3) is 121 Å². The van der Waals surface area contributed by atoms with Gasteiger partial charge in [0.1, 0.15) is 0 Å². The summed E-state index contributed by atoms with van der Waals surface area (Å²) in [5, 5.41) is 8.72. The third kappa shape index (κ3) is 6.37. The second-order valence-corrected chi connectivity index (χ2v) is 19.0. The van der Waals surface area contributed by atoms with Crippen molar-refractivity contribution in [2.75, 3.05) is 0 Å². The maximum absolute atomic E-state index is 5.40. The molecule has 8 aromatic carbocycles. The van der Waals surface area contributed by atoms with E-state index < -0.39 is 5.41 Å². The average molecular weight is 929 g/mol. The summed E-state index contributed by atoms with van der Waals surface area (Å²) in [7, 11) is 0. The van der Waals surface area contributed by atoms with Crippen molar-refractivity contribution in [1.82, 2.24) is 29.9 Å². The quantitative estimate of drug-likeness (QED) is 0.155. The second kappa shape index (κ2) is 16.1. The molecule has 0 radical (unpaired) electrons. The highest BCUT2D eigenvalue weighted by Gasteiger charge is 2.47. The van der Waals surface area contributed by atoms with Crippen LogP contribution in [0.2, 0.25) is 0 Å². The Labute approximate surface area is 420 Å². The van der Waals surface area contributed by atoms with Crippen molar-refractivity contribution in [3.63, 3.8) is 0 Å². The molecule has 15 rings (SSSR count). The minimum atomic E-state index is -0.867. The van der Waals surface area contributed by atoms with Gasteiger partial charge in [0, 0.05) is 79.4 Å². The van der Waals surface area contributed by atoms with E-state index in [1.54, 1.807) is 0 Å². The van der Waals surface area contributed by atoms with Crippen LogP contribution in [0.5, 0.6) is 0 Å². The molecule has 0 spiro atoms. The Morgan fingerprint density at radius 2 is 0.712 bits per heavy atom. The number of aromatic nitrogens is 6. The molecule has 0 saturated heterocycles. The molecule has 0 N–H and O–H groups in total. The standard InChI is InChI=1S/C67H40N6/c1-3-17-53-41(9-1)31-35-70-61(53)49-23-27-55-56-28-24-50(62-54-18-4-2-10-42(54)32-36-71-62)40-58(56)67(57(55)39-49,51-15-5-11-47(37-51)59-29-25-45-21-19-43-13-7-33-68-63(43)65(45)72-59)52-16-6-12-48(38-52)60-30-26-46-22-20-44-14-8-34-69-64(44)66(46)73-60/h1-40H. The monoisotopic (exact) mass is 928 g/mol. The van der Waals surface area contributed by atoms with Crippen molar-refractivity contribution in [1.29, 1.82) is 0 Å². The summed E-state index contributed by atoms with van der Waals surface area (Å²) in [6.45, 7) is 0. The van der Waals surface area contributed by atoms with E-state index in [0.29, 0.717) is 0 Å². The second-order valence-electron chi connectivity index (χ2n) is 19.0. The number of nitrogens with zero attached hydrogens (tertiary/aromatic N) is 6. The molecule has 1 aliphatic carbocycles. The lowest BCUT2D eigenvalue weighted by atomic mass is 9.66. The minimum Gasteiger partial charge on any atom is -0.256 e. The van der Waals surface area contributed by atoms with Gasteiger partial charge in [-0.3, -0.25) is 19.9 Å². The third-order valence-electron chi connectivity index (χ3n) is 15.1. The first kappa shape index (κ1) is 41.0. The number of benzene rings is 8. The highest BCUT2D eigenvalue weighted by atomic mass is 14.8. The molecule has 0 atom stereocenters. The summed E-state index contributed by atoms with van der Waals surface area (Å²) < 4.78 is 0. The topological polar surface area (TPSA) is 77.3 Å².